The highest BCUT2D eigenvalue weighted by molar-refractivity contribution is 7.99. The van der Waals surface area contributed by atoms with E-state index in [0.717, 1.165) is 37.9 Å². The van der Waals surface area contributed by atoms with Crippen molar-refractivity contribution in [1.82, 2.24) is 10.3 Å². The molecular weight excluding hydrogens is 322 g/mol. The smallest absolute Gasteiger partial charge is 0.252 e. The van der Waals surface area contributed by atoms with Crippen LogP contribution in [0.5, 0.6) is 0 Å². The molecule has 0 spiro atoms. The van der Waals surface area contributed by atoms with E-state index in [9.17, 15) is 4.79 Å². The lowest BCUT2D eigenvalue weighted by Gasteiger charge is -2.27. The van der Waals surface area contributed by atoms with Gasteiger partial charge in [-0.25, -0.2) is 4.98 Å². The Labute approximate surface area is 146 Å². The van der Waals surface area contributed by atoms with Gasteiger partial charge in [0, 0.05) is 36.5 Å². The van der Waals surface area contributed by atoms with Crippen molar-refractivity contribution in [1.29, 1.82) is 0 Å². The third kappa shape index (κ3) is 4.72. The summed E-state index contributed by atoms with van der Waals surface area (Å²) in [5.74, 6) is 1.66. The second-order valence-electron chi connectivity index (χ2n) is 5.42. The van der Waals surface area contributed by atoms with Crippen LogP contribution in [0, 0.1) is 0 Å². The zero-order valence-corrected chi connectivity index (χ0v) is 14.3. The van der Waals surface area contributed by atoms with Gasteiger partial charge in [0.1, 0.15) is 5.82 Å². The first-order valence-corrected chi connectivity index (χ1v) is 9.06. The van der Waals surface area contributed by atoms with Gasteiger partial charge in [0.2, 0.25) is 0 Å². The molecule has 1 N–H and O–H groups in total. The van der Waals surface area contributed by atoms with Gasteiger partial charge in [0.15, 0.2) is 0 Å². The first-order chi connectivity index (χ1) is 11.8. The van der Waals surface area contributed by atoms with Crippen molar-refractivity contribution in [3.8, 4) is 0 Å². The Hall–Kier alpha value is -2.05. The number of hydrogen-bond donors (Lipinski definition) is 1. The number of carbonyl (C=O) groups is 1. The lowest BCUT2D eigenvalue weighted by Crippen LogP contribution is -2.36. The molecule has 1 fully saturated rings. The van der Waals surface area contributed by atoms with Gasteiger partial charge in [0.05, 0.1) is 18.8 Å². The summed E-state index contributed by atoms with van der Waals surface area (Å²) in [4.78, 5) is 19.9. The average molecular weight is 343 g/mol. The SMILES string of the molecule is O=C(NCCSc1ccccc1)c1ccc(N2CCOCC2)nc1. The molecule has 1 saturated heterocycles. The van der Waals surface area contributed by atoms with E-state index < -0.39 is 0 Å². The molecule has 0 radical (unpaired) electrons. The standard InChI is InChI=1S/C18H21N3O2S/c22-18(19-8-13-24-16-4-2-1-3-5-16)15-6-7-17(20-14-15)21-9-11-23-12-10-21/h1-7,14H,8-13H2,(H,19,22). The maximum Gasteiger partial charge on any atom is 0.252 e. The molecule has 2 aromatic rings. The number of amides is 1. The second kappa shape index (κ2) is 8.70. The van der Waals surface area contributed by atoms with E-state index >= 15 is 0 Å². The molecule has 1 aliphatic rings. The largest absolute Gasteiger partial charge is 0.378 e. The fourth-order valence-electron chi connectivity index (χ4n) is 2.45. The van der Waals surface area contributed by atoms with Crippen molar-refractivity contribution >= 4 is 23.5 Å². The zero-order valence-electron chi connectivity index (χ0n) is 13.5. The van der Waals surface area contributed by atoms with Crippen LogP contribution in [0.4, 0.5) is 5.82 Å². The summed E-state index contributed by atoms with van der Waals surface area (Å²) in [6.45, 7) is 3.76. The Kier molecular flexibility index (Phi) is 6.09. The number of nitrogens with one attached hydrogen (secondary N) is 1. The van der Waals surface area contributed by atoms with Gasteiger partial charge < -0.3 is 15.0 Å². The summed E-state index contributed by atoms with van der Waals surface area (Å²) in [5, 5.41) is 2.93. The third-order valence-electron chi connectivity index (χ3n) is 3.74. The number of pyridine rings is 1. The highest BCUT2D eigenvalue weighted by Crippen LogP contribution is 2.16. The normalized spacial score (nSPS) is 14.4. The van der Waals surface area contributed by atoms with Crippen LogP contribution >= 0.6 is 11.8 Å². The van der Waals surface area contributed by atoms with Crippen LogP contribution in [0.25, 0.3) is 0 Å². The van der Waals surface area contributed by atoms with Crippen LogP contribution in [0.1, 0.15) is 10.4 Å². The van der Waals surface area contributed by atoms with Gasteiger partial charge in [-0.2, -0.15) is 0 Å². The number of benzene rings is 1. The molecule has 24 heavy (non-hydrogen) atoms. The van der Waals surface area contributed by atoms with Crippen molar-refractivity contribution in [2.75, 3.05) is 43.5 Å². The zero-order chi connectivity index (χ0) is 16.6. The fourth-order valence-corrected chi connectivity index (χ4v) is 3.24. The van der Waals surface area contributed by atoms with E-state index in [0.29, 0.717) is 12.1 Å². The monoisotopic (exact) mass is 343 g/mol. The number of thioether (sulfide) groups is 1. The van der Waals surface area contributed by atoms with Crippen LogP contribution in [-0.4, -0.2) is 49.5 Å². The second-order valence-corrected chi connectivity index (χ2v) is 6.59. The van der Waals surface area contributed by atoms with Crippen LogP contribution in [0.15, 0.2) is 53.6 Å². The van der Waals surface area contributed by atoms with Gasteiger partial charge >= 0.3 is 0 Å². The first-order valence-electron chi connectivity index (χ1n) is 8.08. The molecule has 0 bridgehead atoms. The Balaban J connectivity index is 1.44. The van der Waals surface area contributed by atoms with Crippen molar-refractivity contribution < 1.29 is 9.53 Å². The van der Waals surface area contributed by atoms with E-state index in [4.69, 9.17) is 4.74 Å². The van der Waals surface area contributed by atoms with E-state index in [-0.39, 0.29) is 5.91 Å². The van der Waals surface area contributed by atoms with Crippen molar-refractivity contribution in [3.63, 3.8) is 0 Å². The quantitative estimate of drug-likeness (QED) is 0.645. The number of morpholine rings is 1. The average Bonchev–Trinajstić information content (AvgIpc) is 2.67. The molecule has 3 rings (SSSR count). The molecule has 5 nitrogen and oxygen atoms in total. The van der Waals surface area contributed by atoms with E-state index in [1.165, 1.54) is 4.90 Å². The number of hydrogen-bond acceptors (Lipinski definition) is 5. The summed E-state index contributed by atoms with van der Waals surface area (Å²) >= 11 is 1.73. The molecule has 0 saturated carbocycles. The molecule has 1 aromatic carbocycles. The van der Waals surface area contributed by atoms with Crippen molar-refractivity contribution in [2.45, 2.75) is 4.90 Å². The summed E-state index contributed by atoms with van der Waals surface area (Å²) in [7, 11) is 0. The highest BCUT2D eigenvalue weighted by atomic mass is 32.2. The van der Waals surface area contributed by atoms with Gasteiger partial charge in [-0.15, -0.1) is 11.8 Å². The number of carbonyl (C=O) groups excluding carboxylic acids is 1. The number of anilines is 1. The predicted molar refractivity (Wildman–Crippen MR) is 96.8 cm³/mol. The Morgan fingerprint density at radius 1 is 1.17 bits per heavy atom. The minimum Gasteiger partial charge on any atom is -0.378 e. The molecule has 1 aliphatic heterocycles. The minimum absolute atomic E-state index is 0.0790. The van der Waals surface area contributed by atoms with E-state index in [2.05, 4.69) is 27.3 Å². The molecule has 1 amide bonds. The molecule has 0 aliphatic carbocycles. The van der Waals surface area contributed by atoms with Gasteiger partial charge in [-0.05, 0) is 24.3 Å². The molecule has 0 unspecified atom stereocenters. The lowest BCUT2D eigenvalue weighted by molar-refractivity contribution is 0.0955. The van der Waals surface area contributed by atoms with E-state index in [1.54, 1.807) is 18.0 Å². The maximum atomic E-state index is 12.1. The third-order valence-corrected chi connectivity index (χ3v) is 4.76. The number of aromatic nitrogens is 1. The maximum absolute atomic E-state index is 12.1. The molecule has 1 aromatic heterocycles. The summed E-state index contributed by atoms with van der Waals surface area (Å²) in [5.41, 5.74) is 0.594. The minimum atomic E-state index is -0.0790. The molecule has 0 atom stereocenters. The molecule has 6 heteroatoms. The molecule has 2 heterocycles. The van der Waals surface area contributed by atoms with Gasteiger partial charge in [-0.1, -0.05) is 18.2 Å². The van der Waals surface area contributed by atoms with Crippen LogP contribution in [-0.2, 0) is 4.74 Å². The Bertz CT molecular complexity index is 643. The summed E-state index contributed by atoms with van der Waals surface area (Å²) in [6, 6.07) is 13.9. The Morgan fingerprint density at radius 3 is 2.67 bits per heavy atom. The highest BCUT2D eigenvalue weighted by Gasteiger charge is 2.13. The lowest BCUT2D eigenvalue weighted by atomic mass is 10.2. The summed E-state index contributed by atoms with van der Waals surface area (Å²) in [6.07, 6.45) is 1.64. The number of rotatable bonds is 6. The van der Waals surface area contributed by atoms with Crippen LogP contribution in [0.2, 0.25) is 0 Å². The Morgan fingerprint density at radius 2 is 1.96 bits per heavy atom. The first kappa shape index (κ1) is 16.8. The summed E-state index contributed by atoms with van der Waals surface area (Å²) < 4.78 is 5.33. The molecule has 126 valence electrons. The number of nitrogens with zero attached hydrogens (tertiary/aromatic N) is 2. The van der Waals surface area contributed by atoms with Gasteiger partial charge in [-0.3, -0.25) is 4.79 Å². The van der Waals surface area contributed by atoms with Crippen LogP contribution < -0.4 is 10.2 Å². The van der Waals surface area contributed by atoms with Crippen LogP contribution in [0.3, 0.4) is 0 Å². The number of ether oxygens (including phenoxy) is 1. The van der Waals surface area contributed by atoms with Gasteiger partial charge in [0.25, 0.3) is 5.91 Å². The predicted octanol–water partition coefficient (Wildman–Crippen LogP) is 2.44. The fraction of sp³-hybridized carbons (Fsp3) is 0.333. The van der Waals surface area contributed by atoms with E-state index in [1.807, 2.05) is 30.3 Å². The topological polar surface area (TPSA) is 54.5 Å². The molecular formula is C18H21N3O2S. The van der Waals surface area contributed by atoms with Crippen molar-refractivity contribution in [2.24, 2.45) is 0 Å². The van der Waals surface area contributed by atoms with Crippen molar-refractivity contribution in [3.05, 3.63) is 54.2 Å².